The standard InChI is InChI=1S/C26H28N8O3/c27-19-8-5-10-21(13-19)29-25-31-23-18(6-2-1-3-11-35)14-28-34(23)26(32-25)30-20-9-4-7-17(12-20)24(37)33-15-22(36)16-33/h4-5,7-14,22,36H,1-3,6,15-16,27H2,(H2,29,30,31,32). The van der Waals surface area contributed by atoms with Gasteiger partial charge in [-0.2, -0.15) is 19.6 Å². The average Bonchev–Trinajstić information content (AvgIpc) is 3.27. The summed E-state index contributed by atoms with van der Waals surface area (Å²) in [6.45, 7) is 0.677. The van der Waals surface area contributed by atoms with Crippen LogP contribution in [0.15, 0.2) is 54.7 Å². The molecule has 190 valence electrons. The maximum absolute atomic E-state index is 12.7. The first-order chi connectivity index (χ1) is 18.0. The highest BCUT2D eigenvalue weighted by atomic mass is 16.3. The number of nitrogens with two attached hydrogens (primary N) is 1. The Balaban J connectivity index is 1.46. The van der Waals surface area contributed by atoms with Gasteiger partial charge in [-0.25, -0.2) is 0 Å². The molecule has 1 aliphatic rings. The maximum Gasteiger partial charge on any atom is 0.254 e. The second-order valence-corrected chi connectivity index (χ2v) is 9.01. The molecule has 11 heteroatoms. The van der Waals surface area contributed by atoms with Crippen LogP contribution in [-0.4, -0.2) is 61.0 Å². The molecule has 0 atom stereocenters. The molecule has 4 aromatic rings. The second kappa shape index (κ2) is 10.6. The molecule has 3 heterocycles. The largest absolute Gasteiger partial charge is 0.399 e. The molecule has 1 aliphatic heterocycles. The van der Waals surface area contributed by atoms with Crippen molar-refractivity contribution in [2.24, 2.45) is 0 Å². The van der Waals surface area contributed by atoms with Crippen LogP contribution >= 0.6 is 0 Å². The molecule has 0 bridgehead atoms. The molecule has 1 saturated heterocycles. The van der Waals surface area contributed by atoms with Crippen molar-refractivity contribution in [2.75, 3.05) is 29.5 Å². The van der Waals surface area contributed by atoms with E-state index in [1.807, 2.05) is 18.2 Å². The molecular weight excluding hydrogens is 472 g/mol. The molecule has 0 unspecified atom stereocenters. The predicted molar refractivity (Wildman–Crippen MR) is 140 cm³/mol. The van der Waals surface area contributed by atoms with Crippen molar-refractivity contribution in [3.05, 3.63) is 65.9 Å². The Morgan fingerprint density at radius 2 is 1.86 bits per heavy atom. The Morgan fingerprint density at radius 1 is 1.08 bits per heavy atom. The quantitative estimate of drug-likeness (QED) is 0.146. The van der Waals surface area contributed by atoms with Crippen LogP contribution < -0.4 is 16.4 Å². The molecule has 5 rings (SSSR count). The molecule has 0 radical (unpaired) electrons. The summed E-state index contributed by atoms with van der Waals surface area (Å²) in [7, 11) is 0. The number of likely N-dealkylation sites (tertiary alicyclic amines) is 1. The van der Waals surface area contributed by atoms with Gasteiger partial charge < -0.3 is 31.2 Å². The number of benzene rings is 2. The van der Waals surface area contributed by atoms with Crippen LogP contribution in [0.4, 0.5) is 29.0 Å². The fourth-order valence-corrected chi connectivity index (χ4v) is 4.19. The van der Waals surface area contributed by atoms with E-state index in [1.54, 1.807) is 45.9 Å². The van der Waals surface area contributed by atoms with Crippen molar-refractivity contribution in [1.29, 1.82) is 0 Å². The van der Waals surface area contributed by atoms with Gasteiger partial charge >= 0.3 is 0 Å². The van der Waals surface area contributed by atoms with Gasteiger partial charge in [0.2, 0.25) is 11.9 Å². The predicted octanol–water partition coefficient (Wildman–Crippen LogP) is 2.92. The smallest absolute Gasteiger partial charge is 0.254 e. The van der Waals surface area contributed by atoms with Crippen LogP contribution in [0.3, 0.4) is 0 Å². The average molecular weight is 501 g/mol. The van der Waals surface area contributed by atoms with Crippen molar-refractivity contribution < 1.29 is 14.7 Å². The number of nitrogens with one attached hydrogen (secondary N) is 2. The summed E-state index contributed by atoms with van der Waals surface area (Å²) >= 11 is 0. The number of aryl methyl sites for hydroxylation is 1. The number of hydrogen-bond donors (Lipinski definition) is 4. The first kappa shape index (κ1) is 24.2. The van der Waals surface area contributed by atoms with Crippen molar-refractivity contribution in [3.8, 4) is 0 Å². The topological polar surface area (TPSA) is 151 Å². The Labute approximate surface area is 213 Å². The number of carbonyl (C=O) groups is 2. The summed E-state index contributed by atoms with van der Waals surface area (Å²) in [5.74, 6) is 0.638. The zero-order valence-corrected chi connectivity index (χ0v) is 20.2. The van der Waals surface area contributed by atoms with Gasteiger partial charge in [-0.05, 0) is 55.7 Å². The lowest BCUT2D eigenvalue weighted by atomic mass is 10.1. The molecule has 2 aromatic heterocycles. The van der Waals surface area contributed by atoms with Gasteiger partial charge in [-0.1, -0.05) is 12.1 Å². The molecule has 1 amide bonds. The number of aldehydes is 1. The SMILES string of the molecule is Nc1cccc(Nc2nc(Nc3cccc(C(=O)N4CC(O)C4)c3)n3ncc(CCCCC=O)c3n2)c1. The van der Waals surface area contributed by atoms with E-state index in [0.29, 0.717) is 54.0 Å². The number of nitrogens with zero attached hydrogens (tertiary/aromatic N) is 5. The van der Waals surface area contributed by atoms with E-state index in [0.717, 1.165) is 36.8 Å². The fourth-order valence-electron chi connectivity index (χ4n) is 4.19. The lowest BCUT2D eigenvalue weighted by Crippen LogP contribution is -2.53. The third kappa shape index (κ3) is 5.51. The van der Waals surface area contributed by atoms with Gasteiger partial charge in [0.05, 0.1) is 12.3 Å². The monoisotopic (exact) mass is 500 g/mol. The number of amides is 1. The number of fused-ring (bicyclic) bond motifs is 1. The summed E-state index contributed by atoms with van der Waals surface area (Å²) in [5.41, 5.74) is 10.0. The maximum atomic E-state index is 12.7. The summed E-state index contributed by atoms with van der Waals surface area (Å²) in [6.07, 6.45) is 5.09. The van der Waals surface area contributed by atoms with Crippen molar-refractivity contribution in [3.63, 3.8) is 0 Å². The number of hydrogen-bond acceptors (Lipinski definition) is 9. The molecule has 37 heavy (non-hydrogen) atoms. The number of nitrogen functional groups attached to an aromatic ring is 1. The summed E-state index contributed by atoms with van der Waals surface area (Å²) in [4.78, 5) is 34.4. The lowest BCUT2D eigenvalue weighted by molar-refractivity contribution is -0.107. The van der Waals surface area contributed by atoms with E-state index < -0.39 is 6.10 Å². The third-order valence-electron chi connectivity index (χ3n) is 6.12. The number of anilines is 5. The number of rotatable bonds is 10. The van der Waals surface area contributed by atoms with Crippen molar-refractivity contribution >= 4 is 46.8 Å². The van der Waals surface area contributed by atoms with E-state index in [2.05, 4.69) is 20.7 Å². The zero-order valence-electron chi connectivity index (χ0n) is 20.2. The number of carbonyl (C=O) groups excluding carboxylic acids is 2. The molecule has 0 saturated carbocycles. The van der Waals surface area contributed by atoms with Crippen LogP contribution in [0.25, 0.3) is 5.65 Å². The Morgan fingerprint density at radius 3 is 2.62 bits per heavy atom. The Bertz CT molecular complexity index is 1430. The minimum Gasteiger partial charge on any atom is -0.399 e. The number of aromatic nitrogens is 4. The Hall–Kier alpha value is -4.51. The summed E-state index contributed by atoms with van der Waals surface area (Å²) in [6, 6.07) is 14.4. The van der Waals surface area contributed by atoms with Crippen molar-refractivity contribution in [1.82, 2.24) is 24.5 Å². The highest BCUT2D eigenvalue weighted by molar-refractivity contribution is 5.95. The lowest BCUT2D eigenvalue weighted by Gasteiger charge is -2.35. The first-order valence-electron chi connectivity index (χ1n) is 12.2. The highest BCUT2D eigenvalue weighted by Crippen LogP contribution is 2.24. The minimum absolute atomic E-state index is 0.137. The Kier molecular flexibility index (Phi) is 6.95. The van der Waals surface area contributed by atoms with Crippen molar-refractivity contribution in [2.45, 2.75) is 31.8 Å². The molecule has 0 aliphatic carbocycles. The van der Waals surface area contributed by atoms with Crippen LogP contribution in [0.5, 0.6) is 0 Å². The molecular formula is C26H28N8O3. The van der Waals surface area contributed by atoms with E-state index >= 15 is 0 Å². The summed E-state index contributed by atoms with van der Waals surface area (Å²) < 4.78 is 1.62. The van der Waals surface area contributed by atoms with Gasteiger partial charge in [0, 0.05) is 47.7 Å². The minimum atomic E-state index is -0.460. The van der Waals surface area contributed by atoms with E-state index in [4.69, 9.17) is 10.7 Å². The summed E-state index contributed by atoms with van der Waals surface area (Å²) in [5, 5.41) is 20.5. The van der Waals surface area contributed by atoms with Crippen LogP contribution in [0, 0.1) is 0 Å². The van der Waals surface area contributed by atoms with Crippen LogP contribution in [0.2, 0.25) is 0 Å². The second-order valence-electron chi connectivity index (χ2n) is 9.01. The van der Waals surface area contributed by atoms with Gasteiger partial charge in [-0.3, -0.25) is 4.79 Å². The van der Waals surface area contributed by atoms with Gasteiger partial charge in [0.15, 0.2) is 5.65 Å². The van der Waals surface area contributed by atoms with Gasteiger partial charge in [0.1, 0.15) is 6.29 Å². The highest BCUT2D eigenvalue weighted by Gasteiger charge is 2.29. The number of aliphatic hydroxyl groups excluding tert-OH is 1. The fraction of sp³-hybridized carbons (Fsp3) is 0.269. The van der Waals surface area contributed by atoms with E-state index in [1.165, 1.54) is 0 Å². The normalized spacial score (nSPS) is 13.4. The number of aliphatic hydroxyl groups is 1. The van der Waals surface area contributed by atoms with E-state index in [-0.39, 0.29) is 5.91 Å². The first-order valence-corrected chi connectivity index (χ1v) is 12.2. The number of β-amino-alcohol motifs (C(OH)–C–C–N with tert-alkyl or cyclic N) is 1. The zero-order chi connectivity index (χ0) is 25.8. The van der Waals surface area contributed by atoms with Crippen LogP contribution in [-0.2, 0) is 11.2 Å². The molecule has 11 nitrogen and oxygen atoms in total. The molecule has 0 spiro atoms. The number of unbranched alkanes of at least 4 members (excludes halogenated alkanes) is 2. The van der Waals surface area contributed by atoms with Gasteiger partial charge in [-0.15, -0.1) is 0 Å². The van der Waals surface area contributed by atoms with Crippen LogP contribution in [0.1, 0.15) is 35.2 Å². The third-order valence-corrected chi connectivity index (χ3v) is 6.12. The molecule has 1 fully saturated rings. The molecule has 5 N–H and O–H groups in total. The molecule has 2 aromatic carbocycles. The van der Waals surface area contributed by atoms with E-state index in [9.17, 15) is 14.7 Å². The van der Waals surface area contributed by atoms with Gasteiger partial charge in [0.25, 0.3) is 5.91 Å².